The zero-order valence-corrected chi connectivity index (χ0v) is 14.9. The summed E-state index contributed by atoms with van der Waals surface area (Å²) in [6.45, 7) is 0. The first-order valence-electron chi connectivity index (χ1n) is 6.46. The van der Waals surface area contributed by atoms with Crippen LogP contribution in [-0.4, -0.2) is 0 Å². The molecule has 0 saturated carbocycles. The Morgan fingerprint density at radius 1 is 0.571 bits per heavy atom. The molecule has 0 spiro atoms. The van der Waals surface area contributed by atoms with Crippen molar-refractivity contribution in [1.29, 1.82) is 0 Å². The molecule has 21 heavy (non-hydrogen) atoms. The van der Waals surface area contributed by atoms with E-state index in [4.69, 9.17) is 11.6 Å². The zero-order valence-electron chi connectivity index (χ0n) is 11.0. The van der Waals surface area contributed by atoms with Crippen LogP contribution in [0.1, 0.15) is 0 Å². The van der Waals surface area contributed by atoms with Crippen molar-refractivity contribution in [3.05, 3.63) is 80.7 Å². The van der Waals surface area contributed by atoms with Gasteiger partial charge in [-0.25, -0.2) is 0 Å². The molecular formula is C18H11Br2Cl. The molecule has 3 aromatic carbocycles. The van der Waals surface area contributed by atoms with Gasteiger partial charge in [-0.1, -0.05) is 85.9 Å². The average molecular weight is 423 g/mol. The second kappa shape index (κ2) is 6.35. The number of hydrogen-bond donors (Lipinski definition) is 0. The second-order valence-corrected chi connectivity index (χ2v) is 6.79. The molecule has 0 aliphatic carbocycles. The van der Waals surface area contributed by atoms with Crippen molar-refractivity contribution >= 4 is 43.5 Å². The van der Waals surface area contributed by atoms with Crippen LogP contribution < -0.4 is 0 Å². The fourth-order valence-corrected chi connectivity index (χ4v) is 3.47. The Hall–Kier alpha value is -1.09. The largest absolute Gasteiger partial charge is 0.0843 e. The highest BCUT2D eigenvalue weighted by Gasteiger charge is 2.12. The summed E-state index contributed by atoms with van der Waals surface area (Å²) in [5.74, 6) is 0. The molecule has 0 aromatic heterocycles. The van der Waals surface area contributed by atoms with Gasteiger partial charge in [0.2, 0.25) is 0 Å². The van der Waals surface area contributed by atoms with Gasteiger partial charge in [-0.2, -0.15) is 0 Å². The van der Waals surface area contributed by atoms with Gasteiger partial charge in [-0.3, -0.25) is 0 Å². The lowest BCUT2D eigenvalue weighted by atomic mass is 9.95. The first kappa shape index (κ1) is 14.8. The molecule has 0 aliphatic rings. The van der Waals surface area contributed by atoms with E-state index < -0.39 is 0 Å². The highest BCUT2D eigenvalue weighted by atomic mass is 79.9. The lowest BCUT2D eigenvalue weighted by Gasteiger charge is -2.13. The van der Waals surface area contributed by atoms with Crippen molar-refractivity contribution in [2.24, 2.45) is 0 Å². The quantitative estimate of drug-likeness (QED) is 0.410. The molecule has 104 valence electrons. The molecule has 3 rings (SSSR count). The van der Waals surface area contributed by atoms with Crippen molar-refractivity contribution < 1.29 is 0 Å². The van der Waals surface area contributed by atoms with E-state index in [0.29, 0.717) is 0 Å². The summed E-state index contributed by atoms with van der Waals surface area (Å²) < 4.78 is 2.11. The molecular weight excluding hydrogens is 411 g/mol. The topological polar surface area (TPSA) is 0 Å². The molecule has 0 nitrogen and oxygen atoms in total. The maximum absolute atomic E-state index is 6.17. The Morgan fingerprint density at radius 2 is 1.10 bits per heavy atom. The third-order valence-corrected chi connectivity index (χ3v) is 4.93. The van der Waals surface area contributed by atoms with E-state index in [9.17, 15) is 0 Å². The summed E-state index contributed by atoms with van der Waals surface area (Å²) in [7, 11) is 0. The number of rotatable bonds is 2. The molecule has 0 atom stereocenters. The minimum atomic E-state index is 0.732. The van der Waals surface area contributed by atoms with E-state index in [1.165, 1.54) is 11.1 Å². The van der Waals surface area contributed by atoms with Crippen molar-refractivity contribution in [2.75, 3.05) is 0 Å². The summed E-state index contributed by atoms with van der Waals surface area (Å²) in [4.78, 5) is 0. The minimum Gasteiger partial charge on any atom is -0.0843 e. The Labute approximate surface area is 146 Å². The van der Waals surface area contributed by atoms with Gasteiger partial charge in [-0.15, -0.1) is 0 Å². The van der Waals surface area contributed by atoms with Crippen LogP contribution in [0.3, 0.4) is 0 Å². The fraction of sp³-hybridized carbons (Fsp3) is 0. The SMILES string of the molecule is Clc1ccc(Br)c(-c2ccccc2-c2ccccc2Br)c1. The third-order valence-electron chi connectivity index (χ3n) is 3.31. The Balaban J connectivity index is 2.26. The molecule has 0 bridgehead atoms. The van der Waals surface area contributed by atoms with Gasteiger partial charge in [0, 0.05) is 14.0 Å². The zero-order chi connectivity index (χ0) is 14.8. The van der Waals surface area contributed by atoms with Gasteiger partial charge >= 0.3 is 0 Å². The molecule has 0 heterocycles. The van der Waals surface area contributed by atoms with Crippen molar-refractivity contribution in [3.8, 4) is 22.3 Å². The Morgan fingerprint density at radius 3 is 1.76 bits per heavy atom. The van der Waals surface area contributed by atoms with Crippen LogP contribution in [0.5, 0.6) is 0 Å². The summed E-state index contributed by atoms with van der Waals surface area (Å²) in [5.41, 5.74) is 4.58. The fourth-order valence-electron chi connectivity index (χ4n) is 2.34. The highest BCUT2D eigenvalue weighted by molar-refractivity contribution is 9.11. The molecule has 0 amide bonds. The number of hydrogen-bond acceptors (Lipinski definition) is 0. The van der Waals surface area contributed by atoms with Crippen molar-refractivity contribution in [3.63, 3.8) is 0 Å². The van der Waals surface area contributed by atoms with E-state index >= 15 is 0 Å². The smallest absolute Gasteiger partial charge is 0.0412 e. The molecule has 3 heteroatoms. The number of halogens is 3. The normalized spacial score (nSPS) is 10.6. The van der Waals surface area contributed by atoms with Crippen LogP contribution in [0.25, 0.3) is 22.3 Å². The Kier molecular flexibility index (Phi) is 4.48. The first-order chi connectivity index (χ1) is 10.2. The molecule has 0 N–H and O–H groups in total. The predicted molar refractivity (Wildman–Crippen MR) is 97.7 cm³/mol. The molecule has 0 saturated heterocycles. The van der Waals surface area contributed by atoms with Gasteiger partial charge < -0.3 is 0 Å². The maximum atomic E-state index is 6.17. The lowest BCUT2D eigenvalue weighted by molar-refractivity contribution is 1.54. The van der Waals surface area contributed by atoms with Crippen LogP contribution in [-0.2, 0) is 0 Å². The summed E-state index contributed by atoms with van der Waals surface area (Å²) in [5, 5.41) is 0.732. The molecule has 0 aliphatic heterocycles. The van der Waals surface area contributed by atoms with Gasteiger partial charge in [-0.05, 0) is 46.5 Å². The maximum Gasteiger partial charge on any atom is 0.0412 e. The molecule has 0 unspecified atom stereocenters. The molecule has 0 fully saturated rings. The van der Waals surface area contributed by atoms with Crippen LogP contribution in [0.15, 0.2) is 75.7 Å². The lowest BCUT2D eigenvalue weighted by Crippen LogP contribution is -1.87. The second-order valence-electron chi connectivity index (χ2n) is 4.65. The van der Waals surface area contributed by atoms with E-state index in [1.54, 1.807) is 0 Å². The minimum absolute atomic E-state index is 0.732. The summed E-state index contributed by atoms with van der Waals surface area (Å²) in [6.07, 6.45) is 0. The van der Waals surface area contributed by atoms with E-state index in [0.717, 1.165) is 25.1 Å². The molecule has 0 radical (unpaired) electrons. The van der Waals surface area contributed by atoms with Gasteiger partial charge in [0.15, 0.2) is 0 Å². The first-order valence-corrected chi connectivity index (χ1v) is 8.42. The van der Waals surface area contributed by atoms with Gasteiger partial charge in [0.1, 0.15) is 0 Å². The van der Waals surface area contributed by atoms with Crippen LogP contribution >= 0.6 is 43.5 Å². The van der Waals surface area contributed by atoms with Crippen LogP contribution in [0.4, 0.5) is 0 Å². The van der Waals surface area contributed by atoms with Crippen molar-refractivity contribution in [2.45, 2.75) is 0 Å². The molecule has 3 aromatic rings. The van der Waals surface area contributed by atoms with E-state index in [-0.39, 0.29) is 0 Å². The van der Waals surface area contributed by atoms with Gasteiger partial charge in [0.05, 0.1) is 0 Å². The predicted octanol–water partition coefficient (Wildman–Crippen LogP) is 7.20. The average Bonchev–Trinajstić information content (AvgIpc) is 2.50. The van der Waals surface area contributed by atoms with Gasteiger partial charge in [0.25, 0.3) is 0 Å². The van der Waals surface area contributed by atoms with Crippen molar-refractivity contribution in [1.82, 2.24) is 0 Å². The van der Waals surface area contributed by atoms with E-state index in [1.807, 2.05) is 36.4 Å². The standard InChI is InChI=1S/C18H11Br2Cl/c19-17-8-4-3-7-15(17)13-5-1-2-6-14(13)16-11-12(21)9-10-18(16)20/h1-11H. The Bertz CT molecular complexity index is 797. The third kappa shape index (κ3) is 3.08. The summed E-state index contributed by atoms with van der Waals surface area (Å²) >= 11 is 13.4. The number of benzene rings is 3. The van der Waals surface area contributed by atoms with Crippen LogP contribution in [0, 0.1) is 0 Å². The van der Waals surface area contributed by atoms with Crippen LogP contribution in [0.2, 0.25) is 5.02 Å². The summed E-state index contributed by atoms with van der Waals surface area (Å²) in [6, 6.07) is 22.4. The van der Waals surface area contributed by atoms with E-state index in [2.05, 4.69) is 62.2 Å². The monoisotopic (exact) mass is 420 g/mol. The highest BCUT2D eigenvalue weighted by Crippen LogP contribution is 2.39.